The molecular weight excluding hydrogens is 292 g/mol. The quantitative estimate of drug-likeness (QED) is 0.659. The van der Waals surface area contributed by atoms with Gasteiger partial charge in [0.15, 0.2) is 0 Å². The summed E-state index contributed by atoms with van der Waals surface area (Å²) in [4.78, 5) is 12.3. The number of aliphatic hydroxyl groups is 2. The monoisotopic (exact) mass is 314 g/mol. The number of rotatable bonds is 6. The summed E-state index contributed by atoms with van der Waals surface area (Å²) in [6, 6.07) is 12.8. The summed E-state index contributed by atoms with van der Waals surface area (Å²) in [5.41, 5.74) is 4.29. The molecule has 0 saturated carbocycles. The molecule has 0 fully saturated rings. The lowest BCUT2D eigenvalue weighted by Crippen LogP contribution is -2.23. The van der Waals surface area contributed by atoms with E-state index >= 15 is 0 Å². The van der Waals surface area contributed by atoms with Crippen LogP contribution in [0.25, 0.3) is 0 Å². The molecule has 23 heavy (non-hydrogen) atoms. The van der Waals surface area contributed by atoms with E-state index in [0.29, 0.717) is 11.3 Å². The highest BCUT2D eigenvalue weighted by Gasteiger charge is 2.08. The summed E-state index contributed by atoms with van der Waals surface area (Å²) in [6.45, 7) is 3.94. The molecule has 1 atom stereocenters. The average molecular weight is 314 g/mol. The highest BCUT2D eigenvalue weighted by atomic mass is 16.3. The molecule has 0 radical (unpaired) electrons. The van der Waals surface area contributed by atoms with Gasteiger partial charge in [0, 0.05) is 23.5 Å². The maximum absolute atomic E-state index is 12.3. The van der Waals surface area contributed by atoms with Crippen LogP contribution in [0.5, 0.6) is 0 Å². The molecule has 4 N–H and O–H groups in total. The van der Waals surface area contributed by atoms with E-state index in [-0.39, 0.29) is 19.1 Å². The molecule has 0 aliphatic heterocycles. The van der Waals surface area contributed by atoms with Gasteiger partial charge in [-0.2, -0.15) is 0 Å². The highest BCUT2D eigenvalue weighted by Crippen LogP contribution is 2.16. The van der Waals surface area contributed by atoms with Crippen LogP contribution in [0.4, 0.5) is 11.4 Å². The minimum Gasteiger partial charge on any atom is -0.394 e. The Labute approximate surface area is 136 Å². The third-order valence-electron chi connectivity index (χ3n) is 3.64. The van der Waals surface area contributed by atoms with Crippen LogP contribution < -0.4 is 10.6 Å². The number of carbonyl (C=O) groups excluding carboxylic acids is 1. The zero-order valence-electron chi connectivity index (χ0n) is 13.3. The summed E-state index contributed by atoms with van der Waals surface area (Å²) >= 11 is 0. The van der Waals surface area contributed by atoms with Gasteiger partial charge in [-0.3, -0.25) is 4.79 Å². The van der Waals surface area contributed by atoms with Gasteiger partial charge < -0.3 is 20.8 Å². The summed E-state index contributed by atoms with van der Waals surface area (Å²) in [7, 11) is 0. The molecule has 0 spiro atoms. The first-order valence-corrected chi connectivity index (χ1v) is 7.51. The first-order chi connectivity index (χ1) is 11.0. The van der Waals surface area contributed by atoms with Gasteiger partial charge in [0.05, 0.1) is 12.7 Å². The number of carbonyl (C=O) groups is 1. The molecule has 0 aliphatic rings. The van der Waals surface area contributed by atoms with Crippen LogP contribution >= 0.6 is 0 Å². The van der Waals surface area contributed by atoms with Crippen molar-refractivity contribution in [3.05, 3.63) is 59.2 Å². The van der Waals surface area contributed by atoms with E-state index in [0.717, 1.165) is 11.3 Å². The maximum atomic E-state index is 12.3. The van der Waals surface area contributed by atoms with E-state index in [4.69, 9.17) is 5.11 Å². The van der Waals surface area contributed by atoms with E-state index in [1.165, 1.54) is 5.56 Å². The number of nitrogens with one attached hydrogen (secondary N) is 2. The van der Waals surface area contributed by atoms with Gasteiger partial charge in [0.25, 0.3) is 5.91 Å². The zero-order valence-corrected chi connectivity index (χ0v) is 13.3. The third kappa shape index (κ3) is 4.81. The maximum Gasteiger partial charge on any atom is 0.255 e. The van der Waals surface area contributed by atoms with Gasteiger partial charge in [0.2, 0.25) is 0 Å². The first-order valence-electron chi connectivity index (χ1n) is 7.51. The van der Waals surface area contributed by atoms with E-state index in [9.17, 15) is 9.90 Å². The van der Waals surface area contributed by atoms with Crippen LogP contribution in [0.15, 0.2) is 42.5 Å². The second-order valence-corrected chi connectivity index (χ2v) is 5.55. The van der Waals surface area contributed by atoms with Gasteiger partial charge in [-0.25, -0.2) is 0 Å². The molecule has 2 rings (SSSR count). The highest BCUT2D eigenvalue weighted by molar-refractivity contribution is 6.04. The van der Waals surface area contributed by atoms with Crippen LogP contribution in [0.2, 0.25) is 0 Å². The Hall–Kier alpha value is -2.37. The Bertz CT molecular complexity index is 686. The van der Waals surface area contributed by atoms with Crippen molar-refractivity contribution in [3.63, 3.8) is 0 Å². The molecule has 5 heteroatoms. The van der Waals surface area contributed by atoms with E-state index in [1.54, 1.807) is 24.3 Å². The van der Waals surface area contributed by atoms with Crippen molar-refractivity contribution in [1.29, 1.82) is 0 Å². The largest absolute Gasteiger partial charge is 0.394 e. The van der Waals surface area contributed by atoms with E-state index in [1.807, 2.05) is 32.0 Å². The van der Waals surface area contributed by atoms with Crippen molar-refractivity contribution in [2.24, 2.45) is 0 Å². The van der Waals surface area contributed by atoms with Gasteiger partial charge >= 0.3 is 0 Å². The molecule has 2 aromatic rings. The molecule has 2 aromatic carbocycles. The van der Waals surface area contributed by atoms with Gasteiger partial charge in [-0.1, -0.05) is 12.1 Å². The first kappa shape index (κ1) is 17.0. The molecule has 122 valence electrons. The summed E-state index contributed by atoms with van der Waals surface area (Å²) in [6.07, 6.45) is -0.831. The number of hydrogen-bond donors (Lipinski definition) is 4. The number of benzene rings is 2. The second kappa shape index (κ2) is 7.76. The van der Waals surface area contributed by atoms with Crippen molar-refractivity contribution < 1.29 is 15.0 Å². The normalized spacial score (nSPS) is 11.8. The molecule has 1 unspecified atom stereocenters. The number of hydrogen-bond acceptors (Lipinski definition) is 4. The SMILES string of the molecule is Cc1ccc(NC(=O)c2cccc(NCC(O)CO)c2)cc1C. The van der Waals surface area contributed by atoms with E-state index in [2.05, 4.69) is 10.6 Å². The van der Waals surface area contributed by atoms with Crippen molar-refractivity contribution in [2.45, 2.75) is 20.0 Å². The molecule has 5 nitrogen and oxygen atoms in total. The molecular formula is C18H22N2O3. The Kier molecular flexibility index (Phi) is 5.73. The van der Waals surface area contributed by atoms with Gasteiger partial charge in [0.1, 0.15) is 0 Å². The Balaban J connectivity index is 2.05. The van der Waals surface area contributed by atoms with E-state index < -0.39 is 6.10 Å². The fraction of sp³-hybridized carbons (Fsp3) is 0.278. The third-order valence-corrected chi connectivity index (χ3v) is 3.64. The molecule has 0 saturated heterocycles. The van der Waals surface area contributed by atoms with Crippen molar-refractivity contribution in [1.82, 2.24) is 0 Å². The predicted octanol–water partition coefficient (Wildman–Crippen LogP) is 2.32. The van der Waals surface area contributed by atoms with Crippen molar-refractivity contribution in [2.75, 3.05) is 23.8 Å². The van der Waals surface area contributed by atoms with Gasteiger partial charge in [-0.05, 0) is 55.3 Å². The van der Waals surface area contributed by atoms with Crippen LogP contribution in [0.3, 0.4) is 0 Å². The second-order valence-electron chi connectivity index (χ2n) is 5.55. The van der Waals surface area contributed by atoms with Crippen LogP contribution in [-0.4, -0.2) is 35.4 Å². The number of aliphatic hydroxyl groups excluding tert-OH is 2. The van der Waals surface area contributed by atoms with Crippen molar-refractivity contribution >= 4 is 17.3 Å². The van der Waals surface area contributed by atoms with Crippen LogP contribution in [0, 0.1) is 13.8 Å². The minimum absolute atomic E-state index is 0.195. The molecule has 0 aliphatic carbocycles. The average Bonchev–Trinajstić information content (AvgIpc) is 2.56. The zero-order chi connectivity index (χ0) is 16.8. The Morgan fingerprint density at radius 2 is 1.87 bits per heavy atom. The minimum atomic E-state index is -0.831. The molecule has 0 heterocycles. The standard InChI is InChI=1S/C18H22N2O3/c1-12-6-7-16(8-13(12)2)20-18(23)14-4-3-5-15(9-14)19-10-17(22)11-21/h3-9,17,19,21-22H,10-11H2,1-2H3,(H,20,23). The van der Waals surface area contributed by atoms with Crippen LogP contribution in [0.1, 0.15) is 21.5 Å². The number of amides is 1. The number of aryl methyl sites for hydroxylation is 2. The smallest absolute Gasteiger partial charge is 0.255 e. The molecule has 0 bridgehead atoms. The summed E-state index contributed by atoms with van der Waals surface area (Å²) < 4.78 is 0. The summed E-state index contributed by atoms with van der Waals surface area (Å²) in [5, 5.41) is 24.0. The predicted molar refractivity (Wildman–Crippen MR) is 91.9 cm³/mol. The molecule has 0 aromatic heterocycles. The molecule has 1 amide bonds. The fourth-order valence-corrected chi connectivity index (χ4v) is 2.09. The summed E-state index contributed by atoms with van der Waals surface area (Å²) in [5.74, 6) is -0.195. The fourth-order valence-electron chi connectivity index (χ4n) is 2.09. The Morgan fingerprint density at radius 3 is 2.57 bits per heavy atom. The van der Waals surface area contributed by atoms with Crippen molar-refractivity contribution in [3.8, 4) is 0 Å². The lowest BCUT2D eigenvalue weighted by molar-refractivity contribution is 0.102. The Morgan fingerprint density at radius 1 is 1.09 bits per heavy atom. The lowest BCUT2D eigenvalue weighted by Gasteiger charge is -2.12. The van der Waals surface area contributed by atoms with Crippen LogP contribution in [-0.2, 0) is 0 Å². The topological polar surface area (TPSA) is 81.6 Å². The lowest BCUT2D eigenvalue weighted by atomic mass is 10.1. The van der Waals surface area contributed by atoms with Gasteiger partial charge in [-0.15, -0.1) is 0 Å². The number of anilines is 2.